The third-order valence-electron chi connectivity index (χ3n) is 6.27. The number of amides is 2. The van der Waals surface area contributed by atoms with Crippen LogP contribution in [0.15, 0.2) is 48.5 Å². The lowest BCUT2D eigenvalue weighted by molar-refractivity contribution is -0.143. The highest BCUT2D eigenvalue weighted by Gasteiger charge is 2.37. The molecule has 7 heteroatoms. The van der Waals surface area contributed by atoms with E-state index >= 15 is 0 Å². The highest BCUT2D eigenvalue weighted by atomic mass is 16.5. The van der Waals surface area contributed by atoms with Crippen LogP contribution in [-0.2, 0) is 14.3 Å². The Balaban J connectivity index is 1.25. The number of hydrogen-bond acceptors (Lipinski definition) is 4. The highest BCUT2D eigenvalue weighted by Crippen LogP contribution is 2.44. The van der Waals surface area contributed by atoms with E-state index in [0.717, 1.165) is 11.1 Å². The lowest BCUT2D eigenvalue weighted by Crippen LogP contribution is -2.52. The number of ether oxygens (including phenoxy) is 1. The molecule has 0 radical (unpaired) electrons. The number of carbonyl (C=O) groups excluding carboxylic acids is 2. The first-order valence-corrected chi connectivity index (χ1v) is 11.0. The summed E-state index contributed by atoms with van der Waals surface area (Å²) in [6, 6.07) is 15.1. The minimum atomic E-state index is -1.11. The van der Waals surface area contributed by atoms with Crippen molar-refractivity contribution in [1.29, 1.82) is 0 Å². The zero-order valence-corrected chi connectivity index (χ0v) is 18.3. The second kappa shape index (κ2) is 9.78. The van der Waals surface area contributed by atoms with E-state index in [1.54, 1.807) is 6.92 Å². The van der Waals surface area contributed by atoms with Crippen molar-refractivity contribution >= 4 is 18.0 Å². The molecule has 0 saturated heterocycles. The van der Waals surface area contributed by atoms with Crippen LogP contribution in [0.25, 0.3) is 11.1 Å². The Morgan fingerprint density at radius 2 is 1.67 bits per heavy atom. The van der Waals surface area contributed by atoms with E-state index in [-0.39, 0.29) is 36.8 Å². The maximum absolute atomic E-state index is 12.4. The van der Waals surface area contributed by atoms with E-state index in [2.05, 4.69) is 46.7 Å². The van der Waals surface area contributed by atoms with Gasteiger partial charge in [0.25, 0.3) is 0 Å². The molecule has 0 spiro atoms. The Hall–Kier alpha value is -3.79. The molecule has 170 valence electrons. The monoisotopic (exact) mass is 446 g/mol. The fraction of sp³-hybridized carbons (Fsp3) is 0.346. The molecule has 1 unspecified atom stereocenters. The summed E-state index contributed by atoms with van der Waals surface area (Å²) in [4.78, 5) is 35.9. The Labute approximate surface area is 192 Å². The first-order valence-electron chi connectivity index (χ1n) is 11.0. The highest BCUT2D eigenvalue weighted by molar-refractivity contribution is 5.86. The third-order valence-corrected chi connectivity index (χ3v) is 6.27. The molecule has 2 aliphatic rings. The number of hydrogen-bond donors (Lipinski definition) is 3. The van der Waals surface area contributed by atoms with Gasteiger partial charge in [0.15, 0.2) is 0 Å². The summed E-state index contributed by atoms with van der Waals surface area (Å²) in [6.45, 7) is 1.85. The molecule has 33 heavy (non-hydrogen) atoms. The zero-order valence-electron chi connectivity index (χ0n) is 18.3. The molecule has 2 aromatic carbocycles. The number of carboxylic acid groups (broad SMARTS) is 1. The average Bonchev–Trinajstić information content (AvgIpc) is 3.10. The molecule has 0 bridgehead atoms. The van der Waals surface area contributed by atoms with Crippen LogP contribution in [0.5, 0.6) is 0 Å². The van der Waals surface area contributed by atoms with E-state index in [1.807, 2.05) is 24.3 Å². The van der Waals surface area contributed by atoms with Gasteiger partial charge in [0, 0.05) is 24.3 Å². The molecule has 2 aromatic rings. The van der Waals surface area contributed by atoms with Crippen molar-refractivity contribution in [2.75, 3.05) is 6.61 Å². The Morgan fingerprint density at radius 1 is 1.06 bits per heavy atom. The molecule has 7 nitrogen and oxygen atoms in total. The van der Waals surface area contributed by atoms with Gasteiger partial charge >= 0.3 is 12.1 Å². The zero-order chi connectivity index (χ0) is 23.4. The minimum Gasteiger partial charge on any atom is -0.480 e. The summed E-state index contributed by atoms with van der Waals surface area (Å²) in [7, 11) is 0. The SMILES string of the molecule is CC#CCC(NC(=O)C1CC(NC(=O)OCC2c3ccccc3-c3ccccc32)C1)C(=O)O. The van der Waals surface area contributed by atoms with Crippen molar-refractivity contribution < 1.29 is 24.2 Å². The van der Waals surface area contributed by atoms with Gasteiger partial charge in [-0.15, -0.1) is 11.8 Å². The summed E-state index contributed by atoms with van der Waals surface area (Å²) in [5, 5.41) is 14.5. The Bertz CT molecular complexity index is 1080. The maximum atomic E-state index is 12.4. The van der Waals surface area contributed by atoms with E-state index < -0.39 is 18.1 Å². The van der Waals surface area contributed by atoms with Crippen molar-refractivity contribution in [1.82, 2.24) is 10.6 Å². The van der Waals surface area contributed by atoms with Gasteiger partial charge in [0.1, 0.15) is 12.6 Å². The predicted octanol–water partition coefficient (Wildman–Crippen LogP) is 3.29. The molecule has 3 N–H and O–H groups in total. The molecular weight excluding hydrogens is 420 g/mol. The van der Waals surface area contributed by atoms with Crippen LogP contribution in [0.4, 0.5) is 4.79 Å². The normalized spacial score (nSPS) is 19.1. The molecule has 0 heterocycles. The van der Waals surface area contributed by atoms with Crippen molar-refractivity contribution in [3.05, 3.63) is 59.7 Å². The lowest BCUT2D eigenvalue weighted by atomic mass is 9.79. The number of carboxylic acids is 1. The Kier molecular flexibility index (Phi) is 6.64. The van der Waals surface area contributed by atoms with Gasteiger partial charge in [-0.3, -0.25) is 4.79 Å². The van der Waals surface area contributed by atoms with Crippen LogP contribution in [0.2, 0.25) is 0 Å². The minimum absolute atomic E-state index is 0.0118. The number of carbonyl (C=O) groups is 3. The predicted molar refractivity (Wildman–Crippen MR) is 122 cm³/mol. The quantitative estimate of drug-likeness (QED) is 0.566. The van der Waals surface area contributed by atoms with E-state index in [1.165, 1.54) is 11.1 Å². The summed E-state index contributed by atoms with van der Waals surface area (Å²) in [6.07, 6.45) is 0.442. The van der Waals surface area contributed by atoms with Crippen LogP contribution >= 0.6 is 0 Å². The number of benzene rings is 2. The van der Waals surface area contributed by atoms with Gasteiger partial charge in [-0.2, -0.15) is 0 Å². The molecule has 2 amide bonds. The van der Waals surface area contributed by atoms with Gasteiger partial charge in [0.2, 0.25) is 5.91 Å². The molecule has 1 fully saturated rings. The van der Waals surface area contributed by atoms with Crippen LogP contribution < -0.4 is 10.6 Å². The standard InChI is InChI=1S/C26H26N2O5/c1-2-3-12-23(25(30)31)28-24(29)16-13-17(14-16)27-26(32)33-15-22-20-10-6-4-8-18(20)19-9-5-7-11-21(19)22/h4-11,16-17,22-23H,12-15H2,1H3,(H,27,32)(H,28,29)(H,30,31). The van der Waals surface area contributed by atoms with Gasteiger partial charge in [-0.1, -0.05) is 48.5 Å². The van der Waals surface area contributed by atoms with Crippen molar-refractivity contribution in [2.45, 2.75) is 44.2 Å². The van der Waals surface area contributed by atoms with Crippen molar-refractivity contribution in [3.63, 3.8) is 0 Å². The summed E-state index contributed by atoms with van der Waals surface area (Å²) in [5.74, 6) is 3.52. The molecule has 2 aliphatic carbocycles. The van der Waals surface area contributed by atoms with Gasteiger partial charge < -0.3 is 20.5 Å². The molecular formula is C26H26N2O5. The van der Waals surface area contributed by atoms with Gasteiger partial charge in [0.05, 0.1) is 0 Å². The van der Waals surface area contributed by atoms with E-state index in [9.17, 15) is 19.5 Å². The molecule has 1 saturated carbocycles. The van der Waals surface area contributed by atoms with Gasteiger partial charge in [-0.25, -0.2) is 9.59 Å². The second-order valence-electron chi connectivity index (χ2n) is 8.37. The fourth-order valence-electron chi connectivity index (χ4n) is 4.45. The molecule has 0 aromatic heterocycles. The van der Waals surface area contributed by atoms with Crippen molar-refractivity contribution in [2.24, 2.45) is 5.92 Å². The number of aliphatic carboxylic acids is 1. The first-order chi connectivity index (χ1) is 16.0. The van der Waals surface area contributed by atoms with Crippen LogP contribution in [0.3, 0.4) is 0 Å². The van der Waals surface area contributed by atoms with Crippen LogP contribution in [0.1, 0.15) is 43.2 Å². The fourth-order valence-corrected chi connectivity index (χ4v) is 4.45. The third kappa shape index (κ3) is 4.85. The van der Waals surface area contributed by atoms with E-state index in [4.69, 9.17) is 4.74 Å². The molecule has 4 rings (SSSR count). The second-order valence-corrected chi connectivity index (χ2v) is 8.37. The maximum Gasteiger partial charge on any atom is 0.407 e. The summed E-state index contributed by atoms with van der Waals surface area (Å²) < 4.78 is 5.54. The number of alkyl carbamates (subject to hydrolysis) is 1. The first kappa shape index (κ1) is 22.4. The summed E-state index contributed by atoms with van der Waals surface area (Å²) in [5.41, 5.74) is 4.62. The van der Waals surface area contributed by atoms with E-state index in [0.29, 0.717) is 12.8 Å². The lowest BCUT2D eigenvalue weighted by Gasteiger charge is -2.35. The molecule has 0 aliphatic heterocycles. The van der Waals surface area contributed by atoms with Crippen LogP contribution in [0, 0.1) is 17.8 Å². The topological polar surface area (TPSA) is 105 Å². The smallest absolute Gasteiger partial charge is 0.407 e. The largest absolute Gasteiger partial charge is 0.480 e. The number of rotatable bonds is 7. The molecule has 1 atom stereocenters. The summed E-state index contributed by atoms with van der Waals surface area (Å²) >= 11 is 0. The number of nitrogens with one attached hydrogen (secondary N) is 2. The van der Waals surface area contributed by atoms with Crippen molar-refractivity contribution in [3.8, 4) is 23.0 Å². The van der Waals surface area contributed by atoms with Crippen LogP contribution in [-0.4, -0.2) is 41.8 Å². The number of fused-ring (bicyclic) bond motifs is 3. The average molecular weight is 447 g/mol. The van der Waals surface area contributed by atoms with Gasteiger partial charge in [-0.05, 0) is 42.0 Å². The Morgan fingerprint density at radius 3 is 2.24 bits per heavy atom.